The molecule has 10 heavy (non-hydrogen) atoms. The van der Waals surface area contributed by atoms with Gasteiger partial charge in [-0.2, -0.15) is 0 Å². The van der Waals surface area contributed by atoms with Crippen molar-refractivity contribution < 1.29 is 0 Å². The maximum absolute atomic E-state index is 3.74. The molecule has 2 fully saturated rings. The fourth-order valence-corrected chi connectivity index (χ4v) is 2.01. The topological polar surface area (TPSA) is 12.0 Å². The number of hydrogen-bond donors (Lipinski definition) is 1. The van der Waals surface area contributed by atoms with Crippen molar-refractivity contribution in [3.63, 3.8) is 0 Å². The predicted octanol–water partition coefficient (Wildman–Crippen LogP) is 1.93. The predicted molar refractivity (Wildman–Crippen MR) is 43.0 cm³/mol. The van der Waals surface area contributed by atoms with E-state index in [0.29, 0.717) is 5.54 Å². The average Bonchev–Trinajstić information content (AvgIpc) is 2.41. The van der Waals surface area contributed by atoms with E-state index >= 15 is 0 Å². The molecule has 1 saturated heterocycles. The summed E-state index contributed by atoms with van der Waals surface area (Å²) < 4.78 is 0. The fraction of sp³-hybridized carbons (Fsp3) is 1.00. The van der Waals surface area contributed by atoms with E-state index in [0.717, 1.165) is 12.0 Å². The van der Waals surface area contributed by atoms with Crippen molar-refractivity contribution in [1.82, 2.24) is 5.32 Å². The first kappa shape index (κ1) is 6.66. The Morgan fingerprint density at radius 2 is 2.00 bits per heavy atom. The van der Waals surface area contributed by atoms with Crippen LogP contribution in [0.5, 0.6) is 0 Å². The van der Waals surface area contributed by atoms with Gasteiger partial charge in [0.05, 0.1) is 0 Å². The minimum absolute atomic E-state index is 0.648. The molecule has 1 atom stereocenters. The number of nitrogens with one attached hydrogen (secondary N) is 1. The largest absolute Gasteiger partial charge is 0.308 e. The van der Waals surface area contributed by atoms with E-state index in [1.807, 2.05) is 0 Å². The Bertz CT molecular complexity index is 136. The lowest BCUT2D eigenvalue weighted by Gasteiger charge is -2.16. The maximum Gasteiger partial charge on any atom is 0.0186 e. The van der Waals surface area contributed by atoms with Crippen LogP contribution in [0.3, 0.4) is 0 Å². The Morgan fingerprint density at radius 3 is 2.30 bits per heavy atom. The Balaban J connectivity index is 1.93. The van der Waals surface area contributed by atoms with Crippen molar-refractivity contribution in [3.05, 3.63) is 0 Å². The summed E-state index contributed by atoms with van der Waals surface area (Å²) >= 11 is 0. The summed E-state index contributed by atoms with van der Waals surface area (Å²) in [7, 11) is 0. The SMILES string of the molecule is CC(C)C1CCC2(CC2)N1. The molecular weight excluding hydrogens is 122 g/mol. The summed E-state index contributed by atoms with van der Waals surface area (Å²) in [5, 5.41) is 3.74. The summed E-state index contributed by atoms with van der Waals surface area (Å²) in [6.45, 7) is 4.64. The van der Waals surface area contributed by atoms with E-state index in [9.17, 15) is 0 Å². The Kier molecular flexibility index (Phi) is 1.31. The lowest BCUT2D eigenvalue weighted by Crippen LogP contribution is -2.34. The number of hydrogen-bond acceptors (Lipinski definition) is 1. The van der Waals surface area contributed by atoms with Crippen LogP contribution in [-0.2, 0) is 0 Å². The quantitative estimate of drug-likeness (QED) is 0.585. The Labute approximate surface area is 63.2 Å². The van der Waals surface area contributed by atoms with Gasteiger partial charge in [-0.3, -0.25) is 0 Å². The zero-order valence-electron chi connectivity index (χ0n) is 6.98. The van der Waals surface area contributed by atoms with Gasteiger partial charge in [-0.1, -0.05) is 13.8 Å². The molecule has 1 nitrogen and oxygen atoms in total. The van der Waals surface area contributed by atoms with E-state index in [-0.39, 0.29) is 0 Å². The van der Waals surface area contributed by atoms with Gasteiger partial charge in [-0.15, -0.1) is 0 Å². The maximum atomic E-state index is 3.74. The van der Waals surface area contributed by atoms with Crippen LogP contribution in [0, 0.1) is 5.92 Å². The summed E-state index contributed by atoms with van der Waals surface area (Å²) in [6, 6.07) is 0.822. The zero-order valence-corrected chi connectivity index (χ0v) is 6.98. The first-order valence-corrected chi connectivity index (χ1v) is 4.50. The van der Waals surface area contributed by atoms with Crippen molar-refractivity contribution in [2.24, 2.45) is 5.92 Å². The molecule has 2 aliphatic rings. The molecule has 1 unspecified atom stereocenters. The van der Waals surface area contributed by atoms with Gasteiger partial charge in [0, 0.05) is 11.6 Å². The first-order chi connectivity index (χ1) is 4.72. The summed E-state index contributed by atoms with van der Waals surface area (Å²) in [5.74, 6) is 0.833. The van der Waals surface area contributed by atoms with E-state index < -0.39 is 0 Å². The lowest BCUT2D eigenvalue weighted by molar-refractivity contribution is 0.424. The molecule has 1 spiro atoms. The van der Waals surface area contributed by atoms with Crippen molar-refractivity contribution in [3.8, 4) is 0 Å². The summed E-state index contributed by atoms with van der Waals surface area (Å²) in [6.07, 6.45) is 5.74. The molecule has 1 heteroatoms. The highest BCUT2D eigenvalue weighted by Crippen LogP contribution is 2.45. The first-order valence-electron chi connectivity index (χ1n) is 4.50. The average molecular weight is 139 g/mol. The van der Waals surface area contributed by atoms with E-state index in [1.54, 1.807) is 0 Å². The summed E-state index contributed by atoms with van der Waals surface area (Å²) in [4.78, 5) is 0. The second-order valence-electron chi connectivity index (χ2n) is 4.31. The van der Waals surface area contributed by atoms with Gasteiger partial charge in [-0.05, 0) is 31.6 Å². The third-order valence-corrected chi connectivity index (χ3v) is 3.08. The zero-order chi connectivity index (χ0) is 7.19. The molecule has 0 bridgehead atoms. The van der Waals surface area contributed by atoms with Crippen LogP contribution in [0.1, 0.15) is 39.5 Å². The molecule has 58 valence electrons. The van der Waals surface area contributed by atoms with Crippen molar-refractivity contribution in [1.29, 1.82) is 0 Å². The third-order valence-electron chi connectivity index (χ3n) is 3.08. The normalized spacial score (nSPS) is 35.7. The van der Waals surface area contributed by atoms with Crippen molar-refractivity contribution in [2.75, 3.05) is 0 Å². The molecule has 1 aliphatic carbocycles. The highest BCUT2D eigenvalue weighted by Gasteiger charge is 2.48. The highest BCUT2D eigenvalue weighted by atomic mass is 15.1. The molecule has 0 radical (unpaired) electrons. The lowest BCUT2D eigenvalue weighted by atomic mass is 10.0. The fourth-order valence-electron chi connectivity index (χ4n) is 2.01. The van der Waals surface area contributed by atoms with Gasteiger partial charge < -0.3 is 5.32 Å². The van der Waals surface area contributed by atoms with E-state index in [2.05, 4.69) is 19.2 Å². The van der Waals surface area contributed by atoms with Crippen LogP contribution in [0.4, 0.5) is 0 Å². The smallest absolute Gasteiger partial charge is 0.0186 e. The minimum atomic E-state index is 0.648. The van der Waals surface area contributed by atoms with E-state index in [4.69, 9.17) is 0 Å². The van der Waals surface area contributed by atoms with Crippen LogP contribution in [0.25, 0.3) is 0 Å². The van der Waals surface area contributed by atoms with Crippen LogP contribution >= 0.6 is 0 Å². The van der Waals surface area contributed by atoms with Gasteiger partial charge in [-0.25, -0.2) is 0 Å². The second-order valence-corrected chi connectivity index (χ2v) is 4.31. The highest BCUT2D eigenvalue weighted by molar-refractivity contribution is 5.08. The molecule has 0 aromatic heterocycles. The van der Waals surface area contributed by atoms with Gasteiger partial charge >= 0.3 is 0 Å². The molecule has 1 aliphatic heterocycles. The van der Waals surface area contributed by atoms with Crippen LogP contribution in [0.15, 0.2) is 0 Å². The van der Waals surface area contributed by atoms with Crippen molar-refractivity contribution >= 4 is 0 Å². The summed E-state index contributed by atoms with van der Waals surface area (Å²) in [5.41, 5.74) is 0.648. The third kappa shape index (κ3) is 0.968. The van der Waals surface area contributed by atoms with Crippen LogP contribution < -0.4 is 5.32 Å². The van der Waals surface area contributed by atoms with Crippen molar-refractivity contribution in [2.45, 2.75) is 51.1 Å². The molecule has 2 rings (SSSR count). The molecular formula is C9H17N. The van der Waals surface area contributed by atoms with Gasteiger partial charge in [0.2, 0.25) is 0 Å². The van der Waals surface area contributed by atoms with Crippen LogP contribution in [-0.4, -0.2) is 11.6 Å². The van der Waals surface area contributed by atoms with Gasteiger partial charge in [0.15, 0.2) is 0 Å². The Morgan fingerprint density at radius 1 is 1.30 bits per heavy atom. The van der Waals surface area contributed by atoms with Crippen LogP contribution in [0.2, 0.25) is 0 Å². The van der Waals surface area contributed by atoms with Gasteiger partial charge in [0.25, 0.3) is 0 Å². The molecule has 1 saturated carbocycles. The standard InChI is InChI=1S/C9H17N/c1-7(2)8-3-4-9(10-8)5-6-9/h7-8,10H,3-6H2,1-2H3. The Hall–Kier alpha value is -0.0400. The van der Waals surface area contributed by atoms with Gasteiger partial charge in [0.1, 0.15) is 0 Å². The minimum Gasteiger partial charge on any atom is -0.308 e. The molecule has 0 aromatic carbocycles. The molecule has 0 aromatic rings. The van der Waals surface area contributed by atoms with E-state index in [1.165, 1.54) is 25.7 Å². The molecule has 1 heterocycles. The molecule has 0 amide bonds. The number of rotatable bonds is 1. The monoisotopic (exact) mass is 139 g/mol. The molecule has 1 N–H and O–H groups in total. The second kappa shape index (κ2) is 1.97.